The number of hydrogen-bond acceptors (Lipinski definition) is 6. The topological polar surface area (TPSA) is 63.2 Å². The lowest BCUT2D eigenvalue weighted by Crippen LogP contribution is -2.43. The van der Waals surface area contributed by atoms with Gasteiger partial charge >= 0.3 is 0 Å². The average Bonchev–Trinajstić information content (AvgIpc) is 2.90. The molecule has 2 unspecified atom stereocenters. The molecule has 0 radical (unpaired) electrons. The first-order valence-electron chi connectivity index (χ1n) is 12.1. The molecule has 0 fully saturated rings. The molecule has 0 aliphatic carbocycles. The van der Waals surface area contributed by atoms with Crippen molar-refractivity contribution in [2.45, 2.75) is 38.9 Å². The molecule has 2 atom stereocenters. The second kappa shape index (κ2) is 9.97. The second-order valence-corrected chi connectivity index (χ2v) is 9.23. The smallest absolute Gasteiger partial charge is 0.178 e. The van der Waals surface area contributed by atoms with Gasteiger partial charge in [-0.2, -0.15) is 0 Å². The normalized spacial score (nSPS) is 17.5. The summed E-state index contributed by atoms with van der Waals surface area (Å²) in [5, 5.41) is 0. The van der Waals surface area contributed by atoms with E-state index in [2.05, 4.69) is 19.9 Å². The third-order valence-corrected chi connectivity index (χ3v) is 6.61. The van der Waals surface area contributed by atoms with Crippen molar-refractivity contribution in [2.75, 3.05) is 20.8 Å². The molecule has 3 aromatic rings. The van der Waals surface area contributed by atoms with E-state index in [-0.39, 0.29) is 12.4 Å². The van der Waals surface area contributed by atoms with Crippen LogP contribution in [0.5, 0.6) is 28.7 Å². The summed E-state index contributed by atoms with van der Waals surface area (Å²) in [6.45, 7) is 4.79. The van der Waals surface area contributed by atoms with Crippen LogP contribution in [-0.4, -0.2) is 32.7 Å². The Morgan fingerprint density at radius 3 is 2.47 bits per heavy atom. The molecule has 6 nitrogen and oxygen atoms in total. The maximum absolute atomic E-state index is 13.9. The monoisotopic (exact) mass is 486 g/mol. The van der Waals surface area contributed by atoms with Crippen molar-refractivity contribution in [3.63, 3.8) is 0 Å². The summed E-state index contributed by atoms with van der Waals surface area (Å²) in [4.78, 5) is 13.9. The second-order valence-electron chi connectivity index (χ2n) is 9.23. The first-order chi connectivity index (χ1) is 17.5. The SMILES string of the molecule is COc1cc2c(cc1OC)C1C(=O)c3ccc(OCc4ccccc4)c(CC=C(C)C)c3OC1CO2. The van der Waals surface area contributed by atoms with Crippen LogP contribution in [0.15, 0.2) is 66.2 Å². The molecule has 36 heavy (non-hydrogen) atoms. The zero-order chi connectivity index (χ0) is 25.2. The lowest BCUT2D eigenvalue weighted by molar-refractivity contribution is 0.0552. The molecule has 0 aromatic heterocycles. The molecule has 0 saturated carbocycles. The number of benzene rings is 3. The molecule has 2 aliphatic heterocycles. The fourth-order valence-electron chi connectivity index (χ4n) is 4.75. The van der Waals surface area contributed by atoms with E-state index in [1.54, 1.807) is 20.3 Å². The third kappa shape index (κ3) is 4.39. The maximum Gasteiger partial charge on any atom is 0.178 e. The van der Waals surface area contributed by atoms with Gasteiger partial charge in [0.2, 0.25) is 0 Å². The van der Waals surface area contributed by atoms with Crippen molar-refractivity contribution in [2.24, 2.45) is 0 Å². The molecule has 186 valence electrons. The van der Waals surface area contributed by atoms with Crippen molar-refractivity contribution in [3.8, 4) is 28.7 Å². The number of rotatable bonds is 7. The maximum atomic E-state index is 13.9. The van der Waals surface area contributed by atoms with Crippen LogP contribution >= 0.6 is 0 Å². The number of Topliss-reactive ketones (excluding diaryl/α,β-unsaturated/α-hetero) is 1. The van der Waals surface area contributed by atoms with E-state index >= 15 is 0 Å². The van der Waals surface area contributed by atoms with Crippen LogP contribution in [0.25, 0.3) is 0 Å². The Hall–Kier alpha value is -3.93. The Morgan fingerprint density at radius 1 is 1.00 bits per heavy atom. The van der Waals surface area contributed by atoms with Gasteiger partial charge in [0.15, 0.2) is 17.3 Å². The molecule has 3 aromatic carbocycles. The van der Waals surface area contributed by atoms with Gasteiger partial charge in [0.1, 0.15) is 36.6 Å². The first kappa shape index (κ1) is 23.8. The minimum absolute atomic E-state index is 0.00563. The molecular weight excluding hydrogens is 456 g/mol. The van der Waals surface area contributed by atoms with Gasteiger partial charge < -0.3 is 23.7 Å². The van der Waals surface area contributed by atoms with Crippen molar-refractivity contribution >= 4 is 5.78 Å². The van der Waals surface area contributed by atoms with Gasteiger partial charge in [-0.1, -0.05) is 42.0 Å². The highest BCUT2D eigenvalue weighted by Gasteiger charge is 2.44. The van der Waals surface area contributed by atoms with Crippen LogP contribution in [0.3, 0.4) is 0 Å². The molecule has 2 aliphatic rings. The van der Waals surface area contributed by atoms with Gasteiger partial charge in [-0.05, 0) is 44.0 Å². The van der Waals surface area contributed by atoms with E-state index in [0.29, 0.717) is 47.3 Å². The zero-order valence-corrected chi connectivity index (χ0v) is 21.0. The highest BCUT2D eigenvalue weighted by molar-refractivity contribution is 6.06. The Bertz CT molecular complexity index is 1310. The quantitative estimate of drug-likeness (QED) is 0.387. The van der Waals surface area contributed by atoms with Crippen LogP contribution in [0.4, 0.5) is 0 Å². The summed E-state index contributed by atoms with van der Waals surface area (Å²) >= 11 is 0. The van der Waals surface area contributed by atoms with Gasteiger partial charge in [-0.3, -0.25) is 4.79 Å². The Labute approximate surface area is 211 Å². The van der Waals surface area contributed by atoms with Gasteiger partial charge in [0.25, 0.3) is 0 Å². The van der Waals surface area contributed by atoms with Crippen LogP contribution in [0.1, 0.15) is 46.8 Å². The van der Waals surface area contributed by atoms with Gasteiger partial charge in [-0.15, -0.1) is 0 Å². The van der Waals surface area contributed by atoms with E-state index in [9.17, 15) is 4.79 Å². The van der Waals surface area contributed by atoms with Crippen LogP contribution < -0.4 is 23.7 Å². The fourth-order valence-corrected chi connectivity index (χ4v) is 4.75. The van der Waals surface area contributed by atoms with E-state index in [4.69, 9.17) is 23.7 Å². The number of carbonyl (C=O) groups excluding carboxylic acids is 1. The van der Waals surface area contributed by atoms with E-state index in [1.165, 1.54) is 5.57 Å². The van der Waals surface area contributed by atoms with Crippen molar-refractivity contribution in [1.82, 2.24) is 0 Å². The lowest BCUT2D eigenvalue weighted by atomic mass is 9.81. The minimum atomic E-state index is -0.492. The van der Waals surface area contributed by atoms with Crippen LogP contribution in [0.2, 0.25) is 0 Å². The van der Waals surface area contributed by atoms with Crippen molar-refractivity contribution in [1.29, 1.82) is 0 Å². The fraction of sp³-hybridized carbons (Fsp3) is 0.300. The minimum Gasteiger partial charge on any atom is -0.493 e. The Kier molecular flexibility index (Phi) is 6.59. The summed E-state index contributed by atoms with van der Waals surface area (Å²) in [5.74, 6) is 2.53. The molecule has 0 N–H and O–H groups in total. The largest absolute Gasteiger partial charge is 0.493 e. The van der Waals surface area contributed by atoms with Gasteiger partial charge in [-0.25, -0.2) is 0 Å². The van der Waals surface area contributed by atoms with Crippen LogP contribution in [0, 0.1) is 0 Å². The van der Waals surface area contributed by atoms with Crippen molar-refractivity contribution in [3.05, 3.63) is 88.5 Å². The molecule has 6 heteroatoms. The average molecular weight is 487 g/mol. The van der Waals surface area contributed by atoms with E-state index in [0.717, 1.165) is 16.7 Å². The molecule has 0 bridgehead atoms. The Morgan fingerprint density at radius 2 is 1.75 bits per heavy atom. The van der Waals surface area contributed by atoms with Gasteiger partial charge in [0.05, 0.1) is 25.7 Å². The predicted molar refractivity (Wildman–Crippen MR) is 137 cm³/mol. The summed E-state index contributed by atoms with van der Waals surface area (Å²) < 4.78 is 29.7. The summed E-state index contributed by atoms with van der Waals surface area (Å²) in [6.07, 6.45) is 2.27. The van der Waals surface area contributed by atoms with Gasteiger partial charge in [0, 0.05) is 17.2 Å². The molecule has 0 amide bonds. The lowest BCUT2D eigenvalue weighted by Gasteiger charge is -2.38. The molecule has 0 spiro atoms. The third-order valence-electron chi connectivity index (χ3n) is 6.61. The summed E-state index contributed by atoms with van der Waals surface area (Å²) in [6, 6.07) is 17.3. The number of hydrogen-bond donors (Lipinski definition) is 0. The number of allylic oxidation sites excluding steroid dienone is 2. The van der Waals surface area contributed by atoms with Crippen LogP contribution in [-0.2, 0) is 13.0 Å². The number of methoxy groups -OCH3 is 2. The van der Waals surface area contributed by atoms with E-state index < -0.39 is 12.0 Å². The molecule has 0 saturated heterocycles. The number of ketones is 1. The number of fused-ring (bicyclic) bond motifs is 4. The summed E-state index contributed by atoms with van der Waals surface area (Å²) in [5.41, 5.74) is 4.42. The zero-order valence-electron chi connectivity index (χ0n) is 21.0. The van der Waals surface area contributed by atoms with Crippen molar-refractivity contribution < 1.29 is 28.5 Å². The first-order valence-corrected chi connectivity index (χ1v) is 12.1. The van der Waals surface area contributed by atoms with E-state index in [1.807, 2.05) is 48.5 Å². The Balaban J connectivity index is 1.54. The molecular formula is C30H30O6. The molecule has 5 rings (SSSR count). The summed E-state index contributed by atoms with van der Waals surface area (Å²) in [7, 11) is 3.15. The number of ether oxygens (including phenoxy) is 5. The number of carbonyl (C=O) groups is 1. The standard InChI is InChI=1S/C30H30O6/c1-18(2)10-11-20-23(34-16-19-8-6-5-7-9-19)13-12-21-29(31)28-22-14-25(32-3)26(33-4)15-24(22)35-17-27(28)36-30(20)21/h5-10,12-15,27-28H,11,16-17H2,1-4H3. The highest BCUT2D eigenvalue weighted by Crippen LogP contribution is 2.48. The molecule has 2 heterocycles. The predicted octanol–water partition coefficient (Wildman–Crippen LogP) is 5.91. The highest BCUT2D eigenvalue weighted by atomic mass is 16.5.